The maximum Gasteiger partial charge on any atom is 0.330 e. The zero-order valence-electron chi connectivity index (χ0n) is 18.9. The molecule has 9 heteroatoms. The van der Waals surface area contributed by atoms with Crippen LogP contribution in [0.25, 0.3) is 0 Å². The van der Waals surface area contributed by atoms with Gasteiger partial charge in [-0.3, -0.25) is 24.1 Å². The lowest BCUT2D eigenvalue weighted by molar-refractivity contribution is -0.152. The molecule has 0 aromatic heterocycles. The van der Waals surface area contributed by atoms with Gasteiger partial charge >= 0.3 is 5.97 Å². The van der Waals surface area contributed by atoms with E-state index in [1.807, 2.05) is 0 Å². The molecule has 2 aliphatic rings. The van der Waals surface area contributed by atoms with Crippen molar-refractivity contribution in [3.63, 3.8) is 0 Å². The van der Waals surface area contributed by atoms with Crippen molar-refractivity contribution in [1.82, 2.24) is 4.90 Å². The fourth-order valence-electron chi connectivity index (χ4n) is 4.23. The molecule has 0 radical (unpaired) electrons. The SMILES string of the molecule is CC(C)[C@@H](C(=O)OCC(=O)Nc1cccc(N2CCCC2=O)c1)N1C(=O)c2ccccc2C1=O. The molecule has 1 saturated heterocycles. The van der Waals surface area contributed by atoms with Crippen molar-refractivity contribution in [3.05, 3.63) is 59.7 Å². The lowest BCUT2D eigenvalue weighted by Gasteiger charge is -2.27. The van der Waals surface area contributed by atoms with Gasteiger partial charge in [-0.2, -0.15) is 0 Å². The van der Waals surface area contributed by atoms with Crippen LogP contribution in [0.1, 0.15) is 47.4 Å². The van der Waals surface area contributed by atoms with Gasteiger partial charge in [-0.05, 0) is 42.7 Å². The predicted molar refractivity (Wildman–Crippen MR) is 123 cm³/mol. The van der Waals surface area contributed by atoms with Crippen molar-refractivity contribution in [2.24, 2.45) is 5.92 Å². The number of amides is 4. The van der Waals surface area contributed by atoms with Crippen LogP contribution in [0.3, 0.4) is 0 Å². The average molecular weight is 463 g/mol. The van der Waals surface area contributed by atoms with E-state index < -0.39 is 42.3 Å². The summed E-state index contributed by atoms with van der Waals surface area (Å²) in [6.07, 6.45) is 1.28. The minimum absolute atomic E-state index is 0.0327. The molecule has 2 aromatic carbocycles. The molecule has 0 saturated carbocycles. The molecule has 34 heavy (non-hydrogen) atoms. The molecular weight excluding hydrogens is 438 g/mol. The van der Waals surface area contributed by atoms with Crippen molar-refractivity contribution >= 4 is 41.0 Å². The second-order valence-electron chi connectivity index (χ2n) is 8.57. The van der Waals surface area contributed by atoms with Crippen molar-refractivity contribution in [2.45, 2.75) is 32.7 Å². The van der Waals surface area contributed by atoms with Gasteiger partial charge in [0.25, 0.3) is 17.7 Å². The molecule has 0 aliphatic carbocycles. The summed E-state index contributed by atoms with van der Waals surface area (Å²) in [6, 6.07) is 12.1. The summed E-state index contributed by atoms with van der Waals surface area (Å²) < 4.78 is 5.19. The highest BCUT2D eigenvalue weighted by molar-refractivity contribution is 6.22. The second kappa shape index (κ2) is 9.46. The van der Waals surface area contributed by atoms with E-state index in [2.05, 4.69) is 5.32 Å². The number of ether oxygens (including phenoxy) is 1. The molecule has 1 N–H and O–H groups in total. The Labute approximate surface area is 196 Å². The number of nitrogens with zero attached hydrogens (tertiary/aromatic N) is 2. The third-order valence-corrected chi connectivity index (χ3v) is 5.84. The van der Waals surface area contributed by atoms with Crippen LogP contribution in [0.5, 0.6) is 0 Å². The quantitative estimate of drug-likeness (QED) is 0.499. The minimum Gasteiger partial charge on any atom is -0.454 e. The number of rotatable bonds is 7. The fourth-order valence-corrected chi connectivity index (χ4v) is 4.23. The van der Waals surface area contributed by atoms with Crippen LogP contribution in [-0.4, -0.2) is 53.7 Å². The summed E-state index contributed by atoms with van der Waals surface area (Å²) in [7, 11) is 0. The van der Waals surface area contributed by atoms with Crippen LogP contribution in [0.4, 0.5) is 11.4 Å². The zero-order valence-corrected chi connectivity index (χ0v) is 18.9. The molecule has 4 rings (SSSR count). The Morgan fingerprint density at radius 1 is 1.00 bits per heavy atom. The molecule has 2 heterocycles. The van der Waals surface area contributed by atoms with E-state index in [0.717, 1.165) is 11.3 Å². The number of imide groups is 1. The highest BCUT2D eigenvalue weighted by Crippen LogP contribution is 2.28. The third kappa shape index (κ3) is 4.41. The summed E-state index contributed by atoms with van der Waals surface area (Å²) >= 11 is 0. The van der Waals surface area contributed by atoms with Gasteiger partial charge in [0.2, 0.25) is 5.91 Å². The van der Waals surface area contributed by atoms with Crippen LogP contribution < -0.4 is 10.2 Å². The van der Waals surface area contributed by atoms with E-state index in [9.17, 15) is 24.0 Å². The fraction of sp³-hybridized carbons (Fsp3) is 0.320. The topological polar surface area (TPSA) is 113 Å². The van der Waals surface area contributed by atoms with E-state index >= 15 is 0 Å². The second-order valence-corrected chi connectivity index (χ2v) is 8.57. The Morgan fingerprint density at radius 2 is 1.68 bits per heavy atom. The van der Waals surface area contributed by atoms with Crippen molar-refractivity contribution in [3.8, 4) is 0 Å². The van der Waals surface area contributed by atoms with Gasteiger partial charge in [0.15, 0.2) is 6.61 Å². The summed E-state index contributed by atoms with van der Waals surface area (Å²) in [5, 5.41) is 2.64. The van der Waals surface area contributed by atoms with E-state index in [1.54, 1.807) is 55.1 Å². The molecule has 2 aromatic rings. The first-order valence-electron chi connectivity index (χ1n) is 11.1. The average Bonchev–Trinajstić information content (AvgIpc) is 3.35. The van der Waals surface area contributed by atoms with Gasteiger partial charge in [0.05, 0.1) is 11.1 Å². The van der Waals surface area contributed by atoms with E-state index in [1.165, 1.54) is 12.1 Å². The monoisotopic (exact) mass is 463 g/mol. The van der Waals surface area contributed by atoms with Gasteiger partial charge in [-0.15, -0.1) is 0 Å². The summed E-state index contributed by atoms with van der Waals surface area (Å²) in [5.41, 5.74) is 1.61. The molecule has 9 nitrogen and oxygen atoms in total. The standard InChI is InChI=1S/C25H25N3O6/c1-15(2)22(28-23(31)18-9-3-4-10-19(18)24(28)32)25(33)34-14-20(29)26-16-7-5-8-17(13-16)27-12-6-11-21(27)30/h3-5,7-10,13,15,22H,6,11-12,14H2,1-2H3,(H,26,29)/t22-/m0/s1. The molecule has 0 bridgehead atoms. The molecule has 1 fully saturated rings. The number of anilines is 2. The first kappa shape index (κ1) is 23.2. The lowest BCUT2D eigenvalue weighted by atomic mass is 10.0. The lowest BCUT2D eigenvalue weighted by Crippen LogP contribution is -2.49. The molecule has 0 spiro atoms. The van der Waals surface area contributed by atoms with Crippen LogP contribution in [0.2, 0.25) is 0 Å². The normalized spacial score (nSPS) is 16.1. The van der Waals surface area contributed by atoms with E-state index in [0.29, 0.717) is 24.3 Å². The number of carbonyl (C=O) groups excluding carboxylic acids is 5. The third-order valence-electron chi connectivity index (χ3n) is 5.84. The number of fused-ring (bicyclic) bond motifs is 1. The highest BCUT2D eigenvalue weighted by Gasteiger charge is 2.44. The Hall–Kier alpha value is -4.01. The molecular formula is C25H25N3O6. The minimum atomic E-state index is -1.16. The van der Waals surface area contributed by atoms with Crippen LogP contribution in [0.15, 0.2) is 48.5 Å². The summed E-state index contributed by atoms with van der Waals surface area (Å²) in [5.74, 6) is -2.93. The molecule has 176 valence electrons. The Morgan fingerprint density at radius 3 is 2.26 bits per heavy atom. The predicted octanol–water partition coefficient (Wildman–Crippen LogP) is 2.62. The van der Waals surface area contributed by atoms with E-state index in [-0.39, 0.29) is 17.0 Å². The number of carbonyl (C=O) groups is 5. The number of nitrogens with one attached hydrogen (secondary N) is 1. The largest absolute Gasteiger partial charge is 0.454 e. The van der Waals surface area contributed by atoms with Gasteiger partial charge < -0.3 is 15.0 Å². The summed E-state index contributed by atoms with van der Waals surface area (Å²) in [4.78, 5) is 65.4. The van der Waals surface area contributed by atoms with Crippen molar-refractivity contribution in [2.75, 3.05) is 23.4 Å². The van der Waals surface area contributed by atoms with Crippen LogP contribution >= 0.6 is 0 Å². The number of benzene rings is 2. The smallest absolute Gasteiger partial charge is 0.330 e. The number of hydrogen-bond acceptors (Lipinski definition) is 6. The molecule has 1 atom stereocenters. The number of hydrogen-bond donors (Lipinski definition) is 1. The van der Waals surface area contributed by atoms with Crippen LogP contribution in [-0.2, 0) is 19.1 Å². The maximum atomic E-state index is 12.8. The van der Waals surface area contributed by atoms with E-state index in [4.69, 9.17) is 4.74 Å². The zero-order chi connectivity index (χ0) is 24.4. The van der Waals surface area contributed by atoms with Crippen LogP contribution in [0, 0.1) is 5.92 Å². The first-order chi connectivity index (χ1) is 16.3. The Kier molecular flexibility index (Phi) is 6.45. The summed E-state index contributed by atoms with van der Waals surface area (Å²) in [6.45, 7) is 3.43. The molecule has 4 amide bonds. The van der Waals surface area contributed by atoms with Gasteiger partial charge in [-0.1, -0.05) is 32.0 Å². The van der Waals surface area contributed by atoms with Gasteiger partial charge in [0, 0.05) is 24.3 Å². The molecule has 0 unspecified atom stereocenters. The molecule has 2 aliphatic heterocycles. The van der Waals surface area contributed by atoms with Gasteiger partial charge in [-0.25, -0.2) is 4.79 Å². The van der Waals surface area contributed by atoms with Gasteiger partial charge in [0.1, 0.15) is 6.04 Å². The highest BCUT2D eigenvalue weighted by atomic mass is 16.5. The number of esters is 1. The Bertz CT molecular complexity index is 1140. The Balaban J connectivity index is 1.40. The maximum absolute atomic E-state index is 12.8. The first-order valence-corrected chi connectivity index (χ1v) is 11.1. The van der Waals surface area contributed by atoms with Crippen molar-refractivity contribution < 1.29 is 28.7 Å². The van der Waals surface area contributed by atoms with Crippen molar-refractivity contribution in [1.29, 1.82) is 0 Å².